The van der Waals surface area contributed by atoms with E-state index in [2.05, 4.69) is 25.0 Å². The quantitative estimate of drug-likeness (QED) is 0.544. The maximum absolute atomic E-state index is 14.5. The number of terminal acetylenes is 1. The van der Waals surface area contributed by atoms with E-state index in [1.54, 1.807) is 6.07 Å². The molecule has 0 atom stereocenters. The second-order valence-corrected chi connectivity index (χ2v) is 5.47. The third-order valence-corrected chi connectivity index (χ3v) is 4.03. The van der Waals surface area contributed by atoms with Crippen molar-refractivity contribution in [2.45, 2.75) is 13.3 Å². The maximum atomic E-state index is 14.5. The summed E-state index contributed by atoms with van der Waals surface area (Å²) in [6.07, 6.45) is 6.35. The van der Waals surface area contributed by atoms with E-state index >= 15 is 0 Å². The lowest BCUT2D eigenvalue weighted by Crippen LogP contribution is -1.87. The van der Waals surface area contributed by atoms with E-state index in [0.29, 0.717) is 5.56 Å². The van der Waals surface area contributed by atoms with Crippen LogP contribution in [0.25, 0.3) is 22.3 Å². The lowest BCUT2D eigenvalue weighted by atomic mass is 9.98. The van der Waals surface area contributed by atoms with E-state index in [4.69, 9.17) is 6.42 Å². The lowest BCUT2D eigenvalue weighted by molar-refractivity contribution is 0.632. The molecule has 0 aliphatic heterocycles. The average Bonchev–Trinajstić information content (AvgIpc) is 2.62. The monoisotopic (exact) mass is 300 g/mol. The third-order valence-electron chi connectivity index (χ3n) is 4.03. The highest BCUT2D eigenvalue weighted by Crippen LogP contribution is 2.28. The maximum Gasteiger partial charge on any atom is 0.131 e. The fourth-order valence-electron chi connectivity index (χ4n) is 2.61. The first kappa shape index (κ1) is 15.1. The van der Waals surface area contributed by atoms with E-state index in [1.165, 1.54) is 5.56 Å². The van der Waals surface area contributed by atoms with Gasteiger partial charge in [0.25, 0.3) is 0 Å². The largest absolute Gasteiger partial charge is 0.206 e. The molecule has 1 heteroatoms. The molecule has 0 nitrogen and oxygen atoms in total. The van der Waals surface area contributed by atoms with Gasteiger partial charge >= 0.3 is 0 Å². The van der Waals surface area contributed by atoms with Crippen LogP contribution in [0.4, 0.5) is 4.39 Å². The van der Waals surface area contributed by atoms with E-state index in [1.807, 2.05) is 48.5 Å². The molecule has 0 fully saturated rings. The molecule has 23 heavy (non-hydrogen) atoms. The minimum Gasteiger partial charge on any atom is -0.206 e. The summed E-state index contributed by atoms with van der Waals surface area (Å²) < 4.78 is 14.5. The Morgan fingerprint density at radius 1 is 0.826 bits per heavy atom. The van der Waals surface area contributed by atoms with Crippen LogP contribution in [0, 0.1) is 18.2 Å². The zero-order valence-corrected chi connectivity index (χ0v) is 13.0. The first-order valence-electron chi connectivity index (χ1n) is 7.67. The second kappa shape index (κ2) is 6.50. The highest BCUT2D eigenvalue weighted by atomic mass is 19.1. The Kier molecular flexibility index (Phi) is 4.26. The van der Waals surface area contributed by atoms with Crippen LogP contribution in [0.2, 0.25) is 0 Å². The normalized spacial score (nSPS) is 10.3. The van der Waals surface area contributed by atoms with Crippen LogP contribution in [0.15, 0.2) is 66.7 Å². The second-order valence-electron chi connectivity index (χ2n) is 5.47. The lowest BCUT2D eigenvalue weighted by Gasteiger charge is -2.08. The SMILES string of the molecule is C#Cc1ccc(-c2ccc(-c3ccc(CC)cc3)cc2F)cc1. The Morgan fingerprint density at radius 2 is 1.43 bits per heavy atom. The van der Waals surface area contributed by atoms with Crippen molar-refractivity contribution in [1.29, 1.82) is 0 Å². The zero-order chi connectivity index (χ0) is 16.2. The van der Waals surface area contributed by atoms with Gasteiger partial charge in [0.1, 0.15) is 5.82 Å². The van der Waals surface area contributed by atoms with Crippen molar-refractivity contribution in [2.75, 3.05) is 0 Å². The summed E-state index contributed by atoms with van der Waals surface area (Å²) in [5.41, 5.74) is 5.39. The first-order chi connectivity index (χ1) is 11.2. The molecule has 0 bridgehead atoms. The molecule has 0 unspecified atom stereocenters. The molecule has 0 heterocycles. The Morgan fingerprint density at radius 3 is 2.00 bits per heavy atom. The average molecular weight is 300 g/mol. The van der Waals surface area contributed by atoms with Gasteiger partial charge in [0, 0.05) is 11.1 Å². The fourth-order valence-corrected chi connectivity index (χ4v) is 2.61. The topological polar surface area (TPSA) is 0 Å². The summed E-state index contributed by atoms with van der Waals surface area (Å²) in [5, 5.41) is 0. The minimum absolute atomic E-state index is 0.226. The molecule has 0 saturated carbocycles. The fraction of sp³-hybridized carbons (Fsp3) is 0.0909. The molecule has 0 amide bonds. The van der Waals surface area contributed by atoms with Gasteiger partial charge in [-0.25, -0.2) is 4.39 Å². The van der Waals surface area contributed by atoms with Crippen LogP contribution < -0.4 is 0 Å². The molecular formula is C22H17F. The van der Waals surface area contributed by atoms with Gasteiger partial charge in [-0.2, -0.15) is 0 Å². The van der Waals surface area contributed by atoms with Crippen LogP contribution in [0.1, 0.15) is 18.1 Å². The van der Waals surface area contributed by atoms with Crippen LogP contribution >= 0.6 is 0 Å². The van der Waals surface area contributed by atoms with Gasteiger partial charge in [0.2, 0.25) is 0 Å². The van der Waals surface area contributed by atoms with Crippen molar-refractivity contribution < 1.29 is 4.39 Å². The van der Waals surface area contributed by atoms with Crippen molar-refractivity contribution in [2.24, 2.45) is 0 Å². The molecule has 3 rings (SSSR count). The summed E-state index contributed by atoms with van der Waals surface area (Å²) in [6.45, 7) is 2.12. The molecule has 0 saturated heterocycles. The Balaban J connectivity index is 1.94. The van der Waals surface area contributed by atoms with Crippen LogP contribution in [0.5, 0.6) is 0 Å². The summed E-state index contributed by atoms with van der Waals surface area (Å²) in [7, 11) is 0. The van der Waals surface area contributed by atoms with Gasteiger partial charge < -0.3 is 0 Å². The molecule has 3 aromatic rings. The van der Waals surface area contributed by atoms with Gasteiger partial charge in [-0.1, -0.05) is 61.4 Å². The molecule has 0 N–H and O–H groups in total. The molecule has 0 aliphatic carbocycles. The predicted octanol–water partition coefficient (Wildman–Crippen LogP) is 5.70. The molecule has 0 aliphatic rings. The van der Waals surface area contributed by atoms with Crippen molar-refractivity contribution in [3.8, 4) is 34.6 Å². The number of aryl methyl sites for hydroxylation is 1. The molecular weight excluding hydrogens is 283 g/mol. The van der Waals surface area contributed by atoms with Gasteiger partial charge in [-0.3, -0.25) is 0 Å². The molecule has 3 aromatic carbocycles. The van der Waals surface area contributed by atoms with Crippen LogP contribution in [-0.2, 0) is 6.42 Å². The number of rotatable bonds is 3. The smallest absolute Gasteiger partial charge is 0.131 e. The van der Waals surface area contributed by atoms with Gasteiger partial charge in [-0.15, -0.1) is 6.42 Å². The molecule has 0 spiro atoms. The van der Waals surface area contributed by atoms with Crippen molar-refractivity contribution in [3.05, 3.63) is 83.7 Å². The van der Waals surface area contributed by atoms with Gasteiger partial charge in [-0.05, 0) is 46.9 Å². The predicted molar refractivity (Wildman–Crippen MR) is 94.6 cm³/mol. The Bertz CT molecular complexity index is 850. The molecule has 0 radical (unpaired) electrons. The van der Waals surface area contributed by atoms with E-state index in [9.17, 15) is 4.39 Å². The summed E-state index contributed by atoms with van der Waals surface area (Å²) in [5.74, 6) is 2.34. The molecule has 0 aromatic heterocycles. The van der Waals surface area contributed by atoms with E-state index in [-0.39, 0.29) is 5.82 Å². The van der Waals surface area contributed by atoms with E-state index in [0.717, 1.165) is 28.7 Å². The van der Waals surface area contributed by atoms with Crippen molar-refractivity contribution in [3.63, 3.8) is 0 Å². The highest BCUT2D eigenvalue weighted by Gasteiger charge is 2.07. The van der Waals surface area contributed by atoms with Crippen molar-refractivity contribution in [1.82, 2.24) is 0 Å². The third kappa shape index (κ3) is 3.17. The van der Waals surface area contributed by atoms with Gasteiger partial charge in [0.15, 0.2) is 0 Å². The summed E-state index contributed by atoms with van der Waals surface area (Å²) >= 11 is 0. The first-order valence-corrected chi connectivity index (χ1v) is 7.67. The number of halogens is 1. The zero-order valence-electron chi connectivity index (χ0n) is 13.0. The Labute approximate surface area is 136 Å². The van der Waals surface area contributed by atoms with Gasteiger partial charge in [0.05, 0.1) is 0 Å². The highest BCUT2D eigenvalue weighted by molar-refractivity contribution is 5.71. The minimum atomic E-state index is -0.226. The molecule has 112 valence electrons. The van der Waals surface area contributed by atoms with E-state index < -0.39 is 0 Å². The summed E-state index contributed by atoms with van der Waals surface area (Å²) in [6, 6.07) is 21.0. The number of hydrogen-bond donors (Lipinski definition) is 0. The standard InChI is InChI=1S/C22H17F/c1-3-16-5-9-18(10-6-16)20-13-14-21(22(23)15-20)19-11-7-17(4-2)8-12-19/h2,5-15H,3H2,1H3. The Hall–Kier alpha value is -2.85. The van der Waals surface area contributed by atoms with Crippen molar-refractivity contribution >= 4 is 0 Å². The number of benzene rings is 3. The number of hydrogen-bond acceptors (Lipinski definition) is 0. The van der Waals surface area contributed by atoms with Crippen LogP contribution in [0.3, 0.4) is 0 Å². The summed E-state index contributed by atoms with van der Waals surface area (Å²) in [4.78, 5) is 0. The van der Waals surface area contributed by atoms with Crippen LogP contribution in [-0.4, -0.2) is 0 Å².